The van der Waals surface area contributed by atoms with Crippen molar-refractivity contribution >= 4 is 17.7 Å². The summed E-state index contributed by atoms with van der Waals surface area (Å²) in [6, 6.07) is 1.57. The monoisotopic (exact) mass is 289 g/mol. The number of carbonyl (C=O) groups excluding carboxylic acids is 1. The van der Waals surface area contributed by atoms with Gasteiger partial charge in [0.1, 0.15) is 11.2 Å². The first-order valence-electron chi connectivity index (χ1n) is 6.93. The van der Waals surface area contributed by atoms with Crippen molar-refractivity contribution in [3.8, 4) is 0 Å². The smallest absolute Gasteiger partial charge is 0.338 e. The average molecular weight is 289 g/mol. The zero-order valence-corrected chi connectivity index (χ0v) is 12.6. The van der Waals surface area contributed by atoms with Crippen LogP contribution in [0.1, 0.15) is 49.3 Å². The summed E-state index contributed by atoms with van der Waals surface area (Å²) in [6.45, 7) is 7.46. The van der Waals surface area contributed by atoms with E-state index in [0.29, 0.717) is 6.42 Å². The molecule has 1 aliphatic heterocycles. The minimum absolute atomic E-state index is 0.00167. The molecule has 0 saturated heterocycles. The van der Waals surface area contributed by atoms with Crippen LogP contribution in [-0.2, 0) is 11.2 Å². The van der Waals surface area contributed by atoms with E-state index in [0.717, 1.165) is 5.56 Å². The summed E-state index contributed by atoms with van der Waals surface area (Å²) in [7, 11) is 0. The molecule has 0 fully saturated rings. The van der Waals surface area contributed by atoms with E-state index < -0.39 is 11.5 Å². The number of rotatable bonds is 4. The zero-order valence-electron chi connectivity index (χ0n) is 12.6. The summed E-state index contributed by atoms with van der Waals surface area (Å²) in [5, 5.41) is 12.0. The maximum absolute atomic E-state index is 12.1. The molecule has 1 aromatic rings. The van der Waals surface area contributed by atoms with Gasteiger partial charge in [0.25, 0.3) is 5.91 Å². The predicted octanol–water partition coefficient (Wildman–Crippen LogP) is 1.63. The highest BCUT2D eigenvalue weighted by Gasteiger charge is 2.43. The SMILES string of the molecule is CCc1cnc(C2=N[C@](C)(C(C)C)C(=O)N2)c(C(=O)O)c1. The molecule has 0 spiro atoms. The first-order valence-corrected chi connectivity index (χ1v) is 6.93. The third kappa shape index (κ3) is 2.53. The molecule has 1 aromatic heterocycles. The van der Waals surface area contributed by atoms with Crippen molar-refractivity contribution in [1.82, 2.24) is 10.3 Å². The van der Waals surface area contributed by atoms with Gasteiger partial charge in [-0.1, -0.05) is 20.8 Å². The molecule has 6 heteroatoms. The van der Waals surface area contributed by atoms with Crippen LogP contribution in [0, 0.1) is 5.92 Å². The number of aromatic carboxylic acids is 1. The number of amidine groups is 1. The molecule has 0 aromatic carbocycles. The Balaban J connectivity index is 2.53. The maximum atomic E-state index is 12.1. The normalized spacial score (nSPS) is 21.4. The molecule has 0 bridgehead atoms. The van der Waals surface area contributed by atoms with Gasteiger partial charge in [-0.2, -0.15) is 0 Å². The maximum Gasteiger partial charge on any atom is 0.338 e. The van der Waals surface area contributed by atoms with Crippen molar-refractivity contribution in [2.75, 3.05) is 0 Å². The van der Waals surface area contributed by atoms with E-state index in [1.807, 2.05) is 20.8 Å². The Kier molecular flexibility index (Phi) is 3.80. The van der Waals surface area contributed by atoms with Crippen molar-refractivity contribution in [3.05, 3.63) is 29.1 Å². The fourth-order valence-corrected chi connectivity index (χ4v) is 2.10. The van der Waals surface area contributed by atoms with Crippen molar-refractivity contribution < 1.29 is 14.7 Å². The van der Waals surface area contributed by atoms with Crippen LogP contribution in [0.4, 0.5) is 0 Å². The van der Waals surface area contributed by atoms with Crippen molar-refractivity contribution in [3.63, 3.8) is 0 Å². The molecule has 112 valence electrons. The number of amides is 1. The molecule has 6 nitrogen and oxygen atoms in total. The van der Waals surface area contributed by atoms with Crippen molar-refractivity contribution in [2.24, 2.45) is 10.9 Å². The van der Waals surface area contributed by atoms with Crippen LogP contribution in [0.25, 0.3) is 0 Å². The molecule has 2 heterocycles. The second kappa shape index (κ2) is 5.27. The minimum atomic E-state index is -1.08. The minimum Gasteiger partial charge on any atom is -0.478 e. The molecular weight excluding hydrogens is 270 g/mol. The second-order valence-electron chi connectivity index (χ2n) is 5.62. The van der Waals surface area contributed by atoms with E-state index in [9.17, 15) is 14.7 Å². The predicted molar refractivity (Wildman–Crippen MR) is 78.5 cm³/mol. The van der Waals surface area contributed by atoms with Gasteiger partial charge in [-0.25, -0.2) is 9.79 Å². The number of pyridine rings is 1. The lowest BCUT2D eigenvalue weighted by Gasteiger charge is -2.21. The Morgan fingerprint density at radius 3 is 2.62 bits per heavy atom. The van der Waals surface area contributed by atoms with E-state index in [2.05, 4.69) is 15.3 Å². The van der Waals surface area contributed by atoms with Gasteiger partial charge in [-0.05, 0) is 30.9 Å². The number of aromatic nitrogens is 1. The van der Waals surface area contributed by atoms with Gasteiger partial charge in [0.05, 0.1) is 5.56 Å². The van der Waals surface area contributed by atoms with Gasteiger partial charge in [0.2, 0.25) is 0 Å². The molecule has 21 heavy (non-hydrogen) atoms. The van der Waals surface area contributed by atoms with E-state index in [1.54, 1.807) is 19.2 Å². The number of nitrogens with zero attached hydrogens (tertiary/aromatic N) is 2. The van der Waals surface area contributed by atoms with Gasteiger partial charge < -0.3 is 10.4 Å². The van der Waals surface area contributed by atoms with E-state index in [-0.39, 0.29) is 28.9 Å². The molecule has 1 amide bonds. The van der Waals surface area contributed by atoms with Crippen LogP contribution >= 0.6 is 0 Å². The molecule has 0 saturated carbocycles. The van der Waals surface area contributed by atoms with Crippen LogP contribution in [0.5, 0.6) is 0 Å². The highest BCUT2D eigenvalue weighted by Crippen LogP contribution is 2.27. The molecule has 1 aliphatic rings. The van der Waals surface area contributed by atoms with Gasteiger partial charge in [-0.3, -0.25) is 9.78 Å². The average Bonchev–Trinajstić information content (AvgIpc) is 2.75. The summed E-state index contributed by atoms with van der Waals surface area (Å²) in [4.78, 5) is 32.1. The topological polar surface area (TPSA) is 91.7 Å². The standard InChI is InChI=1S/C15H19N3O3/c1-5-9-6-10(13(19)20)11(16-7-9)12-17-14(21)15(4,18-12)8(2)3/h6-8H,5H2,1-4H3,(H,19,20)(H,17,18,21)/t15-/m1/s1. The lowest BCUT2D eigenvalue weighted by molar-refractivity contribution is -0.124. The van der Waals surface area contributed by atoms with E-state index >= 15 is 0 Å². The molecular formula is C15H19N3O3. The Morgan fingerprint density at radius 1 is 1.48 bits per heavy atom. The molecule has 0 radical (unpaired) electrons. The molecule has 2 N–H and O–H groups in total. The van der Waals surface area contributed by atoms with Gasteiger partial charge in [-0.15, -0.1) is 0 Å². The van der Waals surface area contributed by atoms with Crippen molar-refractivity contribution in [2.45, 2.75) is 39.7 Å². The second-order valence-corrected chi connectivity index (χ2v) is 5.62. The third-order valence-corrected chi connectivity index (χ3v) is 3.97. The number of aryl methyl sites for hydroxylation is 1. The Labute approximate surface area is 123 Å². The molecule has 0 unspecified atom stereocenters. The largest absolute Gasteiger partial charge is 0.478 e. The lowest BCUT2D eigenvalue weighted by Crippen LogP contribution is -2.41. The van der Waals surface area contributed by atoms with Crippen LogP contribution in [0.2, 0.25) is 0 Å². The summed E-state index contributed by atoms with van der Waals surface area (Å²) in [5.74, 6) is -1.08. The lowest BCUT2D eigenvalue weighted by atomic mass is 9.89. The quantitative estimate of drug-likeness (QED) is 0.881. The zero-order chi connectivity index (χ0) is 15.8. The van der Waals surface area contributed by atoms with Crippen LogP contribution < -0.4 is 5.32 Å². The first-order chi connectivity index (χ1) is 9.79. The van der Waals surface area contributed by atoms with Crippen LogP contribution in [0.3, 0.4) is 0 Å². The highest BCUT2D eigenvalue weighted by atomic mass is 16.4. The molecule has 2 rings (SSSR count). The first kappa shape index (κ1) is 15.2. The Morgan fingerprint density at radius 2 is 2.14 bits per heavy atom. The Bertz CT molecular complexity index is 637. The fraction of sp³-hybridized carbons (Fsp3) is 0.467. The molecule has 1 atom stereocenters. The van der Waals surface area contributed by atoms with Crippen LogP contribution in [0.15, 0.2) is 17.3 Å². The number of aliphatic imine (C=N–C) groups is 1. The highest BCUT2D eigenvalue weighted by molar-refractivity contribution is 6.17. The molecule has 0 aliphatic carbocycles. The fourth-order valence-electron chi connectivity index (χ4n) is 2.10. The summed E-state index contributed by atoms with van der Waals surface area (Å²) in [5.41, 5.74) is 0.197. The number of carboxylic acids is 1. The van der Waals surface area contributed by atoms with E-state index in [4.69, 9.17) is 0 Å². The van der Waals surface area contributed by atoms with Gasteiger partial charge >= 0.3 is 5.97 Å². The number of carbonyl (C=O) groups is 2. The number of hydrogen-bond donors (Lipinski definition) is 2. The number of hydrogen-bond acceptors (Lipinski definition) is 4. The summed E-state index contributed by atoms with van der Waals surface area (Å²) in [6.07, 6.45) is 2.30. The number of carboxylic acid groups (broad SMARTS) is 1. The van der Waals surface area contributed by atoms with Crippen molar-refractivity contribution in [1.29, 1.82) is 0 Å². The Hall–Kier alpha value is -2.24. The number of nitrogens with one attached hydrogen (secondary N) is 1. The summed E-state index contributed by atoms with van der Waals surface area (Å²) >= 11 is 0. The van der Waals surface area contributed by atoms with Crippen LogP contribution in [-0.4, -0.2) is 33.3 Å². The van der Waals surface area contributed by atoms with Gasteiger partial charge in [0, 0.05) is 6.20 Å². The third-order valence-electron chi connectivity index (χ3n) is 3.97. The van der Waals surface area contributed by atoms with E-state index in [1.165, 1.54) is 0 Å². The summed E-state index contributed by atoms with van der Waals surface area (Å²) < 4.78 is 0. The van der Waals surface area contributed by atoms with Gasteiger partial charge in [0.15, 0.2) is 5.84 Å².